The normalized spacial score (nSPS) is 5.11. The Morgan fingerprint density at radius 1 is 1.22 bits per heavy atom. The van der Waals surface area contributed by atoms with Crippen molar-refractivity contribution in [2.75, 3.05) is 0 Å². The van der Waals surface area contributed by atoms with Gasteiger partial charge in [-0.15, -0.1) is 0 Å². The van der Waals surface area contributed by atoms with E-state index in [1.165, 1.54) is 6.92 Å². The van der Waals surface area contributed by atoms with E-state index in [9.17, 15) is 4.79 Å². The highest BCUT2D eigenvalue weighted by atomic mass is 31.0. The number of rotatable bonds is 0. The van der Waals surface area contributed by atoms with Crippen LogP contribution in [0.3, 0.4) is 0 Å². The molecule has 0 aliphatic carbocycles. The molecule has 1 unspecified atom stereocenters. The van der Waals surface area contributed by atoms with Crippen LogP contribution in [0.25, 0.3) is 0 Å². The van der Waals surface area contributed by atoms with Crippen LogP contribution in [0.4, 0.5) is 0 Å². The first-order valence-corrected chi connectivity index (χ1v) is 3.62. The summed E-state index contributed by atoms with van der Waals surface area (Å²) in [4.78, 5) is 9.57. The van der Waals surface area contributed by atoms with Gasteiger partial charge in [-0.3, -0.25) is 4.79 Å². The highest BCUT2D eigenvalue weighted by molar-refractivity contribution is 7.10. The summed E-state index contributed by atoms with van der Waals surface area (Å²) in [5.74, 6) is -0.282. The maximum absolute atomic E-state index is 9.57. The molecule has 0 saturated heterocycles. The largest absolute Gasteiger partial charge is 0.452 e. The Labute approximate surface area is 60.3 Å². The van der Waals surface area contributed by atoms with Gasteiger partial charge in [-0.1, -0.05) is 27.7 Å². The molecule has 3 heteroatoms. The molecule has 0 fully saturated rings. The van der Waals surface area contributed by atoms with Crippen molar-refractivity contribution in [2.45, 2.75) is 34.6 Å². The third-order valence-electron chi connectivity index (χ3n) is 0.166. The minimum atomic E-state index is -0.282. The summed E-state index contributed by atoms with van der Waals surface area (Å²) in [5.41, 5.74) is 0. The lowest BCUT2D eigenvalue weighted by molar-refractivity contribution is -0.130. The molecule has 1 atom stereocenters. The average Bonchev–Trinajstić information content (AvgIpc) is 1.97. The SMILES string of the molecule is CC.CC.CC(=O)OP. The van der Waals surface area contributed by atoms with Gasteiger partial charge >= 0.3 is 5.97 Å². The maximum atomic E-state index is 9.57. The zero-order valence-electron chi connectivity index (χ0n) is 6.89. The average molecular weight is 152 g/mol. The third kappa shape index (κ3) is 76.2. The molecule has 0 aromatic heterocycles. The molecule has 9 heavy (non-hydrogen) atoms. The van der Waals surface area contributed by atoms with E-state index in [-0.39, 0.29) is 5.97 Å². The van der Waals surface area contributed by atoms with Gasteiger partial charge in [-0.2, -0.15) is 0 Å². The fourth-order valence-corrected chi connectivity index (χ4v) is 0. The van der Waals surface area contributed by atoms with Crippen molar-refractivity contribution in [3.8, 4) is 0 Å². The van der Waals surface area contributed by atoms with Crippen LogP contribution in [0.1, 0.15) is 34.6 Å². The van der Waals surface area contributed by atoms with E-state index >= 15 is 0 Å². The molecule has 0 saturated carbocycles. The van der Waals surface area contributed by atoms with Gasteiger partial charge in [0.15, 0.2) is 0 Å². The second kappa shape index (κ2) is 24.7. The van der Waals surface area contributed by atoms with Crippen LogP contribution in [-0.4, -0.2) is 5.97 Å². The van der Waals surface area contributed by atoms with E-state index < -0.39 is 0 Å². The van der Waals surface area contributed by atoms with E-state index in [2.05, 4.69) is 4.52 Å². The van der Waals surface area contributed by atoms with Crippen molar-refractivity contribution < 1.29 is 9.32 Å². The summed E-state index contributed by atoms with van der Waals surface area (Å²) in [6.07, 6.45) is 0. The Hall–Kier alpha value is -0.100. The van der Waals surface area contributed by atoms with Crippen molar-refractivity contribution in [1.29, 1.82) is 0 Å². The molecule has 0 radical (unpaired) electrons. The summed E-state index contributed by atoms with van der Waals surface area (Å²) in [7, 11) is 1.84. The van der Waals surface area contributed by atoms with Gasteiger partial charge in [-0.05, 0) is 0 Å². The van der Waals surface area contributed by atoms with Crippen LogP contribution in [0.15, 0.2) is 0 Å². The molecule has 0 aliphatic heterocycles. The van der Waals surface area contributed by atoms with Crippen molar-refractivity contribution in [1.82, 2.24) is 0 Å². The molecule has 0 N–H and O–H groups in total. The molecule has 0 heterocycles. The quantitative estimate of drug-likeness (QED) is 0.498. The molecule has 0 spiro atoms. The Morgan fingerprint density at radius 2 is 1.33 bits per heavy atom. The first kappa shape index (κ1) is 16.0. The van der Waals surface area contributed by atoms with E-state index in [1.54, 1.807) is 0 Å². The number of hydrogen-bond acceptors (Lipinski definition) is 2. The lowest BCUT2D eigenvalue weighted by Crippen LogP contribution is -1.82. The first-order chi connectivity index (χ1) is 4.27. The Balaban J connectivity index is -0.0000000771. The molecular weight excluding hydrogens is 135 g/mol. The van der Waals surface area contributed by atoms with E-state index in [0.29, 0.717) is 0 Å². The minimum Gasteiger partial charge on any atom is -0.452 e. The zero-order valence-corrected chi connectivity index (χ0v) is 8.05. The molecular formula is C6H17O2P. The molecule has 0 aliphatic rings. The molecule has 0 aromatic carbocycles. The predicted octanol–water partition coefficient (Wildman–Crippen LogP) is 2.39. The standard InChI is InChI=1S/C2H5O2P.2C2H6/c1-2(3)4-5;2*1-2/h5H2,1H3;2*1-2H3. The highest BCUT2D eigenvalue weighted by Crippen LogP contribution is 1.81. The summed E-state index contributed by atoms with van der Waals surface area (Å²) < 4.78 is 4.03. The lowest BCUT2D eigenvalue weighted by atomic mass is 10.9. The maximum Gasteiger partial charge on any atom is 0.304 e. The van der Waals surface area contributed by atoms with E-state index in [0.717, 1.165) is 0 Å². The van der Waals surface area contributed by atoms with E-state index in [1.807, 2.05) is 37.2 Å². The minimum absolute atomic E-state index is 0.282. The molecule has 0 amide bonds. The van der Waals surface area contributed by atoms with Gasteiger partial charge in [0, 0.05) is 6.92 Å². The van der Waals surface area contributed by atoms with Gasteiger partial charge < -0.3 is 4.52 Å². The fraction of sp³-hybridized carbons (Fsp3) is 0.833. The van der Waals surface area contributed by atoms with Crippen LogP contribution in [0.2, 0.25) is 0 Å². The van der Waals surface area contributed by atoms with Crippen molar-refractivity contribution in [3.05, 3.63) is 0 Å². The summed E-state index contributed by atoms with van der Waals surface area (Å²) >= 11 is 0. The van der Waals surface area contributed by atoms with Crippen molar-refractivity contribution in [3.63, 3.8) is 0 Å². The molecule has 58 valence electrons. The highest BCUT2D eigenvalue weighted by Gasteiger charge is 1.76. The predicted molar refractivity (Wildman–Crippen MR) is 44.2 cm³/mol. The van der Waals surface area contributed by atoms with Gasteiger partial charge in [0.1, 0.15) is 0 Å². The van der Waals surface area contributed by atoms with Crippen molar-refractivity contribution in [2.24, 2.45) is 0 Å². The Kier molecular flexibility index (Phi) is 43.8. The van der Waals surface area contributed by atoms with Crippen LogP contribution in [-0.2, 0) is 9.32 Å². The first-order valence-electron chi connectivity index (χ1n) is 3.14. The molecule has 0 aromatic rings. The smallest absolute Gasteiger partial charge is 0.304 e. The summed E-state index contributed by atoms with van der Waals surface area (Å²) in [5, 5.41) is 0. The van der Waals surface area contributed by atoms with Crippen molar-refractivity contribution >= 4 is 15.4 Å². The summed E-state index contributed by atoms with van der Waals surface area (Å²) in [6, 6.07) is 0. The van der Waals surface area contributed by atoms with Crippen LogP contribution >= 0.6 is 9.47 Å². The molecule has 0 bridgehead atoms. The second-order valence-electron chi connectivity index (χ2n) is 0.609. The topological polar surface area (TPSA) is 26.3 Å². The fourth-order valence-electron chi connectivity index (χ4n) is 0. The number of carbonyl (C=O) groups is 1. The second-order valence-corrected chi connectivity index (χ2v) is 0.845. The van der Waals surface area contributed by atoms with Gasteiger partial charge in [0.05, 0.1) is 9.47 Å². The lowest BCUT2D eigenvalue weighted by Gasteiger charge is -1.80. The summed E-state index contributed by atoms with van der Waals surface area (Å²) in [6.45, 7) is 9.34. The number of carbonyl (C=O) groups excluding carboxylic acids is 1. The van der Waals surface area contributed by atoms with Gasteiger partial charge in [-0.25, -0.2) is 0 Å². The molecule has 0 rings (SSSR count). The van der Waals surface area contributed by atoms with Crippen LogP contribution in [0, 0.1) is 0 Å². The molecule has 2 nitrogen and oxygen atoms in total. The van der Waals surface area contributed by atoms with E-state index in [4.69, 9.17) is 0 Å². The third-order valence-corrected chi connectivity index (χ3v) is 0.498. The number of hydrogen-bond donors (Lipinski definition) is 0. The van der Waals surface area contributed by atoms with Crippen LogP contribution in [0.5, 0.6) is 0 Å². The van der Waals surface area contributed by atoms with Crippen LogP contribution < -0.4 is 0 Å². The Morgan fingerprint density at radius 3 is 1.33 bits per heavy atom. The van der Waals surface area contributed by atoms with Gasteiger partial charge in [0.2, 0.25) is 0 Å². The zero-order chi connectivity index (χ0) is 8.28. The Bertz CT molecular complexity index is 46.3. The monoisotopic (exact) mass is 152 g/mol. The van der Waals surface area contributed by atoms with Gasteiger partial charge in [0.25, 0.3) is 0 Å².